The third kappa shape index (κ3) is 1.85. The van der Waals surface area contributed by atoms with Crippen LogP contribution in [-0.4, -0.2) is 47.0 Å². The van der Waals surface area contributed by atoms with Crippen molar-refractivity contribution >= 4 is 5.97 Å². The number of rotatable bonds is 5. The summed E-state index contributed by atoms with van der Waals surface area (Å²) >= 11 is 0. The van der Waals surface area contributed by atoms with Gasteiger partial charge >= 0.3 is 5.97 Å². The lowest BCUT2D eigenvalue weighted by Crippen LogP contribution is -2.45. The minimum Gasteiger partial charge on any atom is -0.429 e. The van der Waals surface area contributed by atoms with Crippen molar-refractivity contribution < 1.29 is 19.0 Å². The normalized spacial score (nSPS) is 48.2. The van der Waals surface area contributed by atoms with E-state index in [1.165, 1.54) is 6.42 Å². The van der Waals surface area contributed by atoms with Gasteiger partial charge in [0, 0.05) is 18.8 Å². The third-order valence-corrected chi connectivity index (χ3v) is 5.65. The topological polar surface area (TPSA) is 52.7 Å². The first kappa shape index (κ1) is 12.8. The number of hydrogen-bond donors (Lipinski definition) is 0. The molecule has 4 heteroatoms. The van der Waals surface area contributed by atoms with E-state index in [9.17, 15) is 4.79 Å². The summed E-state index contributed by atoms with van der Waals surface area (Å²) in [4.78, 5) is 9.66. The Balaban J connectivity index is 1.42. The molecule has 2 N–H and O–H groups in total. The van der Waals surface area contributed by atoms with Gasteiger partial charge in [-0.25, -0.2) is 0 Å². The first-order valence-electron chi connectivity index (χ1n) is 7.84. The Bertz CT molecular complexity index is 434. The Morgan fingerprint density at radius 3 is 3.15 bits per heavy atom. The van der Waals surface area contributed by atoms with Crippen molar-refractivity contribution in [2.24, 2.45) is 17.3 Å². The molecule has 20 heavy (non-hydrogen) atoms. The van der Waals surface area contributed by atoms with Gasteiger partial charge in [0.1, 0.15) is 19.1 Å². The van der Waals surface area contributed by atoms with Crippen LogP contribution in [0, 0.1) is 17.3 Å². The van der Waals surface area contributed by atoms with Crippen LogP contribution >= 0.6 is 0 Å². The molecule has 0 aromatic carbocycles. The van der Waals surface area contributed by atoms with Crippen molar-refractivity contribution in [3.63, 3.8) is 0 Å². The number of ether oxygens (including phenoxy) is 3. The predicted molar refractivity (Wildman–Crippen MR) is 75.1 cm³/mol. The molecule has 4 nitrogen and oxygen atoms in total. The highest BCUT2D eigenvalue weighted by Crippen LogP contribution is 2.66. The molecule has 1 spiro atoms. The SMILES string of the molecule is C=CCCC[OH+]C1C[C@@H]2C3OC1CC1(COC(=[OH+])C1)C32. The molecule has 1 aliphatic carbocycles. The fourth-order valence-electron chi connectivity index (χ4n) is 4.72. The maximum absolute atomic E-state index is 9.66. The predicted octanol–water partition coefficient (Wildman–Crippen LogP) is 1.57. The second kappa shape index (κ2) is 4.57. The van der Waals surface area contributed by atoms with E-state index >= 15 is 0 Å². The molecule has 0 amide bonds. The molecule has 4 aliphatic rings. The minimum absolute atomic E-state index is 0.147. The largest absolute Gasteiger partial charge is 0.483 e. The van der Waals surface area contributed by atoms with E-state index in [1.807, 2.05) is 6.08 Å². The number of aliphatic hydroxyl groups is 2. The summed E-state index contributed by atoms with van der Waals surface area (Å²) in [5, 5.41) is 0. The van der Waals surface area contributed by atoms with Crippen LogP contribution < -0.4 is 0 Å². The van der Waals surface area contributed by atoms with Crippen molar-refractivity contribution in [1.29, 1.82) is 0 Å². The standard InChI is InChI=1S/C16H22O4/c1-2-3-4-5-18-11-6-10-14-15(10)20-12(11)7-16(14)8-13(17)19-9-16/h2,10-12,14-15H,1,3-9H2/p+2/t10-,11?,12?,14?,15?,16?/m0/s1. The summed E-state index contributed by atoms with van der Waals surface area (Å²) in [6, 6.07) is 0. The van der Waals surface area contributed by atoms with Crippen LogP contribution in [0.2, 0.25) is 0 Å². The maximum Gasteiger partial charge on any atom is 0.483 e. The summed E-state index contributed by atoms with van der Waals surface area (Å²) in [5.41, 5.74) is 0.147. The van der Waals surface area contributed by atoms with Gasteiger partial charge in [-0.05, 0) is 18.8 Å². The molecule has 110 valence electrons. The van der Waals surface area contributed by atoms with Crippen LogP contribution in [-0.2, 0) is 9.47 Å². The zero-order valence-corrected chi connectivity index (χ0v) is 11.8. The molecule has 3 heterocycles. The molecule has 0 aromatic rings. The van der Waals surface area contributed by atoms with Gasteiger partial charge in [-0.1, -0.05) is 6.08 Å². The summed E-state index contributed by atoms with van der Waals surface area (Å²) in [5.74, 6) is 1.48. The summed E-state index contributed by atoms with van der Waals surface area (Å²) in [7, 11) is 0. The minimum atomic E-state index is 0.147. The number of allylic oxidation sites excluding steroid dienone is 1. The molecular weight excluding hydrogens is 256 g/mol. The molecule has 0 radical (unpaired) electrons. The number of cyclic esters (lactones) is 1. The Hall–Kier alpha value is -0.870. The second-order valence-electron chi connectivity index (χ2n) is 6.89. The number of hydrogen-bond acceptors (Lipinski definition) is 2. The first-order valence-corrected chi connectivity index (χ1v) is 7.84. The van der Waals surface area contributed by atoms with Crippen LogP contribution in [0.25, 0.3) is 0 Å². The van der Waals surface area contributed by atoms with E-state index in [1.54, 1.807) is 0 Å². The fourth-order valence-corrected chi connectivity index (χ4v) is 4.72. The monoisotopic (exact) mass is 280 g/mol. The van der Waals surface area contributed by atoms with Crippen LogP contribution in [0.15, 0.2) is 12.7 Å². The average Bonchev–Trinajstić information content (AvgIpc) is 3.08. The lowest BCUT2D eigenvalue weighted by molar-refractivity contribution is -0.207. The molecule has 1 saturated carbocycles. The second-order valence-corrected chi connectivity index (χ2v) is 6.89. The molecule has 4 fully saturated rings. The van der Waals surface area contributed by atoms with Crippen LogP contribution in [0.5, 0.6) is 0 Å². The summed E-state index contributed by atoms with van der Waals surface area (Å²) in [6.07, 6.45) is 8.00. The molecule has 5 unspecified atom stereocenters. The van der Waals surface area contributed by atoms with Crippen molar-refractivity contribution in [3.8, 4) is 0 Å². The van der Waals surface area contributed by atoms with Gasteiger partial charge in [-0.3, -0.25) is 0 Å². The number of unbranched alkanes of at least 4 members (excludes halogenated alkanes) is 1. The molecular formula is C16H24O4+2. The van der Waals surface area contributed by atoms with Gasteiger partial charge in [-0.2, -0.15) is 0 Å². The quantitative estimate of drug-likeness (QED) is 0.332. The van der Waals surface area contributed by atoms with Gasteiger partial charge < -0.3 is 19.0 Å². The van der Waals surface area contributed by atoms with Gasteiger partial charge in [-0.15, -0.1) is 6.58 Å². The molecule has 2 bridgehead atoms. The lowest BCUT2D eigenvalue weighted by Gasteiger charge is -2.35. The van der Waals surface area contributed by atoms with Crippen molar-refractivity contribution in [1.82, 2.24) is 0 Å². The average molecular weight is 280 g/mol. The Labute approximate surface area is 119 Å². The molecule has 4 rings (SSSR count). The molecule has 0 aromatic heterocycles. The lowest BCUT2D eigenvalue weighted by atomic mass is 9.75. The van der Waals surface area contributed by atoms with Gasteiger partial charge in [0.25, 0.3) is 0 Å². The zero-order chi connectivity index (χ0) is 13.7. The number of fused-ring (bicyclic) bond motifs is 3. The number of esters is 1. The van der Waals surface area contributed by atoms with Crippen molar-refractivity contribution in [2.75, 3.05) is 13.2 Å². The molecule has 6 atom stereocenters. The van der Waals surface area contributed by atoms with Crippen molar-refractivity contribution in [3.05, 3.63) is 12.7 Å². The maximum atomic E-state index is 9.66. The highest BCUT2D eigenvalue weighted by atomic mass is 16.6. The summed E-state index contributed by atoms with van der Waals surface area (Å²) in [6.45, 7) is 5.35. The summed E-state index contributed by atoms with van der Waals surface area (Å²) < 4.78 is 16.4. The van der Waals surface area contributed by atoms with Gasteiger partial charge in [0.05, 0.1) is 11.5 Å². The Morgan fingerprint density at radius 1 is 1.50 bits per heavy atom. The smallest absolute Gasteiger partial charge is 0.429 e. The zero-order valence-electron chi connectivity index (χ0n) is 11.8. The van der Waals surface area contributed by atoms with Crippen LogP contribution in [0.1, 0.15) is 32.1 Å². The fraction of sp³-hybridized carbons (Fsp3) is 0.812. The van der Waals surface area contributed by atoms with E-state index in [-0.39, 0.29) is 17.5 Å². The highest BCUT2D eigenvalue weighted by molar-refractivity contribution is 5.74. The molecule has 3 aliphatic heterocycles. The Morgan fingerprint density at radius 2 is 2.40 bits per heavy atom. The van der Waals surface area contributed by atoms with E-state index in [0.29, 0.717) is 37.1 Å². The van der Waals surface area contributed by atoms with Crippen molar-refractivity contribution in [2.45, 2.75) is 50.4 Å². The first-order chi connectivity index (χ1) is 9.73. The van der Waals surface area contributed by atoms with E-state index in [0.717, 1.165) is 25.9 Å². The third-order valence-electron chi connectivity index (χ3n) is 5.65. The van der Waals surface area contributed by atoms with E-state index in [2.05, 4.69) is 6.58 Å². The van der Waals surface area contributed by atoms with Crippen LogP contribution in [0.3, 0.4) is 0 Å². The van der Waals surface area contributed by atoms with E-state index in [4.69, 9.17) is 14.2 Å². The van der Waals surface area contributed by atoms with E-state index < -0.39 is 0 Å². The number of carbonyl (C=O) groups excluding carboxylic acids is 1. The Kier molecular flexibility index (Phi) is 2.93. The molecule has 3 saturated heterocycles. The highest BCUT2D eigenvalue weighted by Gasteiger charge is 2.74. The van der Waals surface area contributed by atoms with Crippen LogP contribution in [0.4, 0.5) is 0 Å². The van der Waals surface area contributed by atoms with Gasteiger partial charge in [0.2, 0.25) is 0 Å². The van der Waals surface area contributed by atoms with Gasteiger partial charge in [0.15, 0.2) is 12.7 Å².